The number of hydrogen-bond acceptors (Lipinski definition) is 3. The summed E-state index contributed by atoms with van der Waals surface area (Å²) in [5.74, 6) is -0.717. The van der Waals surface area contributed by atoms with Gasteiger partial charge in [0.05, 0.1) is 0 Å². The molecule has 0 saturated carbocycles. The van der Waals surface area contributed by atoms with E-state index in [0.29, 0.717) is 6.04 Å². The number of carboxylic acids is 1. The van der Waals surface area contributed by atoms with Crippen LogP contribution in [0, 0.1) is 0 Å². The lowest BCUT2D eigenvalue weighted by molar-refractivity contribution is -0.143. The van der Waals surface area contributed by atoms with Crippen LogP contribution in [0.1, 0.15) is 26.7 Å². The highest BCUT2D eigenvalue weighted by atomic mass is 16.4. The molecule has 0 aromatic carbocycles. The fraction of sp³-hybridized carbons (Fsp3) is 0.900. The fourth-order valence-electron chi connectivity index (χ4n) is 2.01. The molecule has 2 N–H and O–H groups in total. The Balaban J connectivity index is 2.56. The van der Waals surface area contributed by atoms with Crippen molar-refractivity contribution in [2.75, 3.05) is 19.6 Å². The van der Waals surface area contributed by atoms with Gasteiger partial charge in [-0.05, 0) is 32.9 Å². The topological polar surface area (TPSA) is 52.6 Å². The average molecular weight is 200 g/mol. The molecule has 0 amide bonds. The third kappa shape index (κ3) is 2.69. The van der Waals surface area contributed by atoms with Crippen LogP contribution in [0.3, 0.4) is 0 Å². The predicted molar refractivity (Wildman–Crippen MR) is 55.4 cm³/mol. The first-order valence-electron chi connectivity index (χ1n) is 5.36. The number of nitrogens with zero attached hydrogens (tertiary/aromatic N) is 1. The first-order valence-corrected chi connectivity index (χ1v) is 5.36. The summed E-state index contributed by atoms with van der Waals surface area (Å²) >= 11 is 0. The van der Waals surface area contributed by atoms with Gasteiger partial charge in [0.1, 0.15) is 6.04 Å². The molecule has 0 aromatic heterocycles. The van der Waals surface area contributed by atoms with Gasteiger partial charge < -0.3 is 10.4 Å². The van der Waals surface area contributed by atoms with Crippen LogP contribution in [0.25, 0.3) is 0 Å². The normalized spacial score (nSPS) is 24.1. The molecule has 4 heteroatoms. The summed E-state index contributed by atoms with van der Waals surface area (Å²) < 4.78 is 0. The molecular formula is C10H20N2O2. The quantitative estimate of drug-likeness (QED) is 0.680. The van der Waals surface area contributed by atoms with Crippen molar-refractivity contribution in [1.82, 2.24) is 10.2 Å². The van der Waals surface area contributed by atoms with Crippen LogP contribution in [0.5, 0.6) is 0 Å². The summed E-state index contributed by atoms with van der Waals surface area (Å²) in [4.78, 5) is 13.0. The molecule has 1 aliphatic rings. The van der Waals surface area contributed by atoms with Crippen LogP contribution in [0.2, 0.25) is 0 Å². The Kier molecular flexibility index (Phi) is 4.35. The molecule has 1 aliphatic heterocycles. The molecular weight excluding hydrogens is 180 g/mol. The zero-order valence-corrected chi connectivity index (χ0v) is 8.99. The molecule has 1 saturated heterocycles. The van der Waals surface area contributed by atoms with Gasteiger partial charge in [0.2, 0.25) is 0 Å². The van der Waals surface area contributed by atoms with Crippen LogP contribution in [0.4, 0.5) is 0 Å². The Morgan fingerprint density at radius 2 is 2.43 bits per heavy atom. The summed E-state index contributed by atoms with van der Waals surface area (Å²) in [6, 6.07) is 0.0425. The number of hydrogen-bond donors (Lipinski definition) is 2. The zero-order valence-electron chi connectivity index (χ0n) is 8.99. The van der Waals surface area contributed by atoms with Crippen molar-refractivity contribution >= 4 is 5.97 Å². The largest absolute Gasteiger partial charge is 0.480 e. The SMILES string of the molecule is CCCN(C1CCNC1)C(C)C(=O)O. The van der Waals surface area contributed by atoms with Gasteiger partial charge in [-0.3, -0.25) is 9.69 Å². The minimum atomic E-state index is -0.717. The van der Waals surface area contributed by atoms with E-state index in [1.807, 2.05) is 0 Å². The van der Waals surface area contributed by atoms with Gasteiger partial charge in [-0.2, -0.15) is 0 Å². The van der Waals surface area contributed by atoms with Gasteiger partial charge in [-0.15, -0.1) is 0 Å². The highest BCUT2D eigenvalue weighted by Crippen LogP contribution is 2.13. The number of nitrogens with one attached hydrogen (secondary N) is 1. The van der Waals surface area contributed by atoms with E-state index in [1.54, 1.807) is 6.92 Å². The molecule has 0 bridgehead atoms. The second kappa shape index (κ2) is 5.32. The maximum absolute atomic E-state index is 10.9. The predicted octanol–water partition coefficient (Wildman–Crippen LogP) is 0.533. The maximum Gasteiger partial charge on any atom is 0.320 e. The molecule has 0 spiro atoms. The monoisotopic (exact) mass is 200 g/mol. The highest BCUT2D eigenvalue weighted by molar-refractivity contribution is 5.72. The first kappa shape index (κ1) is 11.5. The Labute approximate surface area is 85.3 Å². The van der Waals surface area contributed by atoms with Crippen molar-refractivity contribution in [3.05, 3.63) is 0 Å². The van der Waals surface area contributed by atoms with E-state index in [2.05, 4.69) is 17.1 Å². The molecule has 1 heterocycles. The Morgan fingerprint density at radius 1 is 1.71 bits per heavy atom. The van der Waals surface area contributed by atoms with E-state index in [4.69, 9.17) is 5.11 Å². The Bertz CT molecular complexity index is 191. The van der Waals surface area contributed by atoms with Crippen molar-refractivity contribution in [2.45, 2.75) is 38.8 Å². The van der Waals surface area contributed by atoms with E-state index in [9.17, 15) is 4.79 Å². The van der Waals surface area contributed by atoms with Crippen molar-refractivity contribution < 1.29 is 9.90 Å². The molecule has 2 atom stereocenters. The summed E-state index contributed by atoms with van der Waals surface area (Å²) in [6.45, 7) is 6.68. The zero-order chi connectivity index (χ0) is 10.6. The van der Waals surface area contributed by atoms with E-state index in [1.165, 1.54) is 0 Å². The number of aliphatic carboxylic acids is 1. The van der Waals surface area contributed by atoms with E-state index in [-0.39, 0.29) is 6.04 Å². The summed E-state index contributed by atoms with van der Waals surface area (Å²) in [5, 5.41) is 12.2. The lowest BCUT2D eigenvalue weighted by atomic mass is 10.1. The average Bonchev–Trinajstić information content (AvgIpc) is 2.65. The van der Waals surface area contributed by atoms with Crippen LogP contribution in [-0.2, 0) is 4.79 Å². The first-order chi connectivity index (χ1) is 6.66. The van der Waals surface area contributed by atoms with Crippen molar-refractivity contribution in [3.8, 4) is 0 Å². The molecule has 14 heavy (non-hydrogen) atoms. The minimum absolute atomic E-state index is 0.361. The number of carbonyl (C=O) groups is 1. The molecule has 2 unspecified atom stereocenters. The van der Waals surface area contributed by atoms with Crippen LogP contribution in [-0.4, -0.2) is 47.7 Å². The fourth-order valence-corrected chi connectivity index (χ4v) is 2.01. The Morgan fingerprint density at radius 3 is 2.86 bits per heavy atom. The van der Waals surface area contributed by atoms with E-state index < -0.39 is 5.97 Å². The third-order valence-corrected chi connectivity index (χ3v) is 2.84. The molecule has 0 aliphatic carbocycles. The van der Waals surface area contributed by atoms with Crippen LogP contribution >= 0.6 is 0 Å². The maximum atomic E-state index is 10.9. The standard InChI is InChI=1S/C10H20N2O2/c1-3-6-12(8(2)10(13)14)9-4-5-11-7-9/h8-9,11H,3-7H2,1-2H3,(H,13,14). The summed E-state index contributed by atoms with van der Waals surface area (Å²) in [5.41, 5.74) is 0. The molecule has 0 radical (unpaired) electrons. The third-order valence-electron chi connectivity index (χ3n) is 2.84. The second-order valence-electron chi connectivity index (χ2n) is 3.90. The van der Waals surface area contributed by atoms with E-state index in [0.717, 1.165) is 32.5 Å². The molecule has 0 aromatic rings. The smallest absolute Gasteiger partial charge is 0.320 e. The van der Waals surface area contributed by atoms with Gasteiger partial charge in [0, 0.05) is 12.6 Å². The molecule has 4 nitrogen and oxygen atoms in total. The van der Waals surface area contributed by atoms with Gasteiger partial charge in [-0.1, -0.05) is 6.92 Å². The van der Waals surface area contributed by atoms with E-state index >= 15 is 0 Å². The Hall–Kier alpha value is -0.610. The van der Waals surface area contributed by atoms with Crippen molar-refractivity contribution in [2.24, 2.45) is 0 Å². The van der Waals surface area contributed by atoms with Crippen molar-refractivity contribution in [3.63, 3.8) is 0 Å². The summed E-state index contributed by atoms with van der Waals surface area (Å²) in [6.07, 6.45) is 2.08. The summed E-state index contributed by atoms with van der Waals surface area (Å²) in [7, 11) is 0. The van der Waals surface area contributed by atoms with Gasteiger partial charge >= 0.3 is 5.97 Å². The van der Waals surface area contributed by atoms with Gasteiger partial charge in [-0.25, -0.2) is 0 Å². The lowest BCUT2D eigenvalue weighted by Gasteiger charge is -2.31. The van der Waals surface area contributed by atoms with Gasteiger partial charge in [0.25, 0.3) is 0 Å². The molecule has 1 fully saturated rings. The lowest BCUT2D eigenvalue weighted by Crippen LogP contribution is -2.47. The van der Waals surface area contributed by atoms with Gasteiger partial charge in [0.15, 0.2) is 0 Å². The molecule has 1 rings (SSSR count). The number of carboxylic acid groups (broad SMARTS) is 1. The molecule has 82 valence electrons. The minimum Gasteiger partial charge on any atom is -0.480 e. The van der Waals surface area contributed by atoms with Crippen LogP contribution < -0.4 is 5.32 Å². The second-order valence-corrected chi connectivity index (χ2v) is 3.90. The number of rotatable bonds is 5. The highest BCUT2D eigenvalue weighted by Gasteiger charge is 2.28. The van der Waals surface area contributed by atoms with Crippen molar-refractivity contribution in [1.29, 1.82) is 0 Å². The van der Waals surface area contributed by atoms with Crippen LogP contribution in [0.15, 0.2) is 0 Å².